The molecular formula is C5Cl9. The van der Waals surface area contributed by atoms with E-state index in [4.69, 9.17) is 104 Å². The molecule has 1 aliphatic carbocycles. The highest BCUT2D eigenvalue weighted by molar-refractivity contribution is 6.80. The Kier molecular flexibility index (Phi) is 3.98. The lowest BCUT2D eigenvalue weighted by atomic mass is 10.3. The van der Waals surface area contributed by atoms with E-state index in [2.05, 4.69) is 0 Å². The molecule has 1 aliphatic rings. The third kappa shape index (κ3) is 1.56. The van der Waals surface area contributed by atoms with Gasteiger partial charge in [0.05, 0.1) is 0 Å². The minimum absolute atomic E-state index is 0.341. The third-order valence-electron chi connectivity index (χ3n) is 1.73. The molecule has 0 heterocycles. The summed E-state index contributed by atoms with van der Waals surface area (Å²) in [6.45, 7) is 0. The lowest BCUT2D eigenvalue weighted by molar-refractivity contribution is 0.724. The van der Waals surface area contributed by atoms with Crippen molar-refractivity contribution in [3.63, 3.8) is 0 Å². The van der Waals surface area contributed by atoms with Crippen molar-refractivity contribution in [1.82, 2.24) is 0 Å². The van der Waals surface area contributed by atoms with Gasteiger partial charge in [0.25, 0.3) is 0 Å². The first-order valence-electron chi connectivity index (χ1n) is 2.95. The molecule has 0 amide bonds. The summed E-state index contributed by atoms with van der Waals surface area (Å²) in [5.74, 6) is 0. The van der Waals surface area contributed by atoms with Crippen LogP contribution in [0, 0.1) is 5.38 Å². The van der Waals surface area contributed by atoms with Crippen LogP contribution < -0.4 is 0 Å². The van der Waals surface area contributed by atoms with Crippen LogP contribution in [-0.4, -0.2) is 17.3 Å². The number of hydrogen-bond donors (Lipinski definition) is 0. The summed E-state index contributed by atoms with van der Waals surface area (Å²) >= 11 is 52.0. The summed E-state index contributed by atoms with van der Waals surface area (Å²) in [7, 11) is 0. The second-order valence-corrected chi connectivity index (χ2v) is 8.30. The third-order valence-corrected chi connectivity index (χ3v) is 8.01. The average molecular weight is 379 g/mol. The van der Waals surface area contributed by atoms with Gasteiger partial charge in [-0.3, -0.25) is 0 Å². The Morgan fingerprint density at radius 3 is 0.857 bits per heavy atom. The highest BCUT2D eigenvalue weighted by Gasteiger charge is 2.81. The summed E-state index contributed by atoms with van der Waals surface area (Å²) in [6, 6.07) is 0. The highest BCUT2D eigenvalue weighted by atomic mass is 35.6. The summed E-state index contributed by atoms with van der Waals surface area (Å²) in [4.78, 5) is 0. The lowest BCUT2D eigenvalue weighted by Gasteiger charge is -2.33. The van der Waals surface area contributed by atoms with Crippen LogP contribution in [0.3, 0.4) is 0 Å². The molecule has 0 nitrogen and oxygen atoms in total. The Hall–Kier alpha value is 2.61. The average Bonchev–Trinajstić information content (AvgIpc) is 2.05. The molecule has 1 saturated carbocycles. The standard InChI is InChI=1S/C5Cl9/c6-1-2(7,8)4(11,12)5(13,14)3(1,9)10. The van der Waals surface area contributed by atoms with E-state index in [0.29, 0.717) is 0 Å². The van der Waals surface area contributed by atoms with Gasteiger partial charge in [-0.1, -0.05) is 92.8 Å². The van der Waals surface area contributed by atoms with Crippen LogP contribution in [-0.2, 0) is 0 Å². The molecule has 83 valence electrons. The molecule has 0 unspecified atom stereocenters. The van der Waals surface area contributed by atoms with Gasteiger partial charge in [-0.2, -0.15) is 0 Å². The van der Waals surface area contributed by atoms with Crippen molar-refractivity contribution in [2.75, 3.05) is 0 Å². The zero-order valence-corrected chi connectivity index (χ0v) is 12.7. The zero-order chi connectivity index (χ0) is 11.6. The van der Waals surface area contributed by atoms with Gasteiger partial charge in [0.1, 0.15) is 5.38 Å². The molecule has 0 saturated heterocycles. The molecule has 0 aromatic heterocycles. The van der Waals surface area contributed by atoms with Crippen LogP contribution in [0.15, 0.2) is 0 Å². The first kappa shape index (κ1) is 14.7. The molecule has 0 aliphatic heterocycles. The van der Waals surface area contributed by atoms with Crippen LogP contribution >= 0.6 is 104 Å². The van der Waals surface area contributed by atoms with Gasteiger partial charge in [0, 0.05) is 0 Å². The van der Waals surface area contributed by atoms with Crippen molar-refractivity contribution in [3.05, 3.63) is 5.38 Å². The predicted molar refractivity (Wildman–Crippen MR) is 66.8 cm³/mol. The van der Waals surface area contributed by atoms with Crippen LogP contribution in [0.4, 0.5) is 0 Å². The van der Waals surface area contributed by atoms with Gasteiger partial charge in [-0.25, -0.2) is 0 Å². The molecule has 0 atom stereocenters. The summed E-state index contributed by atoms with van der Waals surface area (Å²) < 4.78 is -7.98. The minimum atomic E-state index is -2.03. The predicted octanol–water partition coefficient (Wildman–Crippen LogP) is 5.47. The number of rotatable bonds is 0. The Labute approximate surface area is 126 Å². The molecule has 1 radical (unpaired) electrons. The van der Waals surface area contributed by atoms with Gasteiger partial charge < -0.3 is 0 Å². The van der Waals surface area contributed by atoms with Crippen molar-refractivity contribution < 1.29 is 0 Å². The van der Waals surface area contributed by atoms with Crippen molar-refractivity contribution in [2.24, 2.45) is 0 Å². The molecule has 14 heavy (non-hydrogen) atoms. The SMILES string of the molecule is Cl[C]1C(Cl)(Cl)C(Cl)(Cl)C(Cl)(Cl)C1(Cl)Cl. The van der Waals surface area contributed by atoms with Crippen molar-refractivity contribution in [2.45, 2.75) is 17.3 Å². The molecule has 0 N–H and O–H groups in total. The Balaban J connectivity index is 3.38. The zero-order valence-electron chi connectivity index (χ0n) is 5.90. The largest absolute Gasteiger partial charge is 0.188 e. The van der Waals surface area contributed by atoms with Gasteiger partial charge >= 0.3 is 0 Å². The van der Waals surface area contributed by atoms with Gasteiger partial charge in [-0.15, -0.1) is 11.6 Å². The van der Waals surface area contributed by atoms with E-state index in [9.17, 15) is 0 Å². The van der Waals surface area contributed by atoms with Crippen LogP contribution in [0.2, 0.25) is 0 Å². The molecule has 1 fully saturated rings. The molecule has 1 rings (SSSR count). The molecule has 9 heteroatoms. The van der Waals surface area contributed by atoms with Crippen molar-refractivity contribution in [1.29, 1.82) is 0 Å². The molecule has 0 bridgehead atoms. The van der Waals surface area contributed by atoms with Crippen LogP contribution in [0.25, 0.3) is 0 Å². The number of hydrogen-bond acceptors (Lipinski definition) is 0. The molecule has 0 spiro atoms. The van der Waals surface area contributed by atoms with E-state index in [1.807, 2.05) is 0 Å². The maximum Gasteiger partial charge on any atom is 0.188 e. The van der Waals surface area contributed by atoms with E-state index >= 15 is 0 Å². The monoisotopic (exact) mass is 375 g/mol. The second kappa shape index (κ2) is 3.80. The quantitative estimate of drug-likeness (QED) is 0.490. The summed E-state index contributed by atoms with van der Waals surface area (Å²) in [6.07, 6.45) is 0. The van der Waals surface area contributed by atoms with Crippen LogP contribution in [0.1, 0.15) is 0 Å². The maximum absolute atomic E-state index is 5.79. The minimum Gasteiger partial charge on any atom is -0.110 e. The fourth-order valence-corrected chi connectivity index (χ4v) is 4.00. The fourth-order valence-electron chi connectivity index (χ4n) is 0.867. The first-order chi connectivity index (χ1) is 5.90. The Bertz CT molecular complexity index is 228. The summed E-state index contributed by atoms with van der Waals surface area (Å²) in [5.41, 5.74) is 0. The van der Waals surface area contributed by atoms with E-state index < -0.39 is 17.3 Å². The molecule has 0 aromatic rings. The van der Waals surface area contributed by atoms with Gasteiger partial charge in [-0.05, 0) is 0 Å². The number of halogens is 9. The van der Waals surface area contributed by atoms with E-state index in [-0.39, 0.29) is 5.38 Å². The van der Waals surface area contributed by atoms with Gasteiger partial charge in [0.15, 0.2) is 17.3 Å². The maximum atomic E-state index is 5.79. The van der Waals surface area contributed by atoms with E-state index in [1.165, 1.54) is 0 Å². The molecule has 0 aromatic carbocycles. The van der Waals surface area contributed by atoms with Crippen molar-refractivity contribution >= 4 is 104 Å². The summed E-state index contributed by atoms with van der Waals surface area (Å²) in [5, 5.41) is -0.341. The van der Waals surface area contributed by atoms with E-state index in [0.717, 1.165) is 0 Å². The topological polar surface area (TPSA) is 0 Å². The second-order valence-electron chi connectivity index (χ2n) is 2.61. The van der Waals surface area contributed by atoms with E-state index in [1.54, 1.807) is 0 Å². The van der Waals surface area contributed by atoms with Gasteiger partial charge in [0.2, 0.25) is 0 Å². The fraction of sp³-hybridized carbons (Fsp3) is 0.800. The first-order valence-corrected chi connectivity index (χ1v) is 6.35. The Morgan fingerprint density at radius 2 is 0.786 bits per heavy atom. The highest BCUT2D eigenvalue weighted by Crippen LogP contribution is 2.74. The Morgan fingerprint density at radius 1 is 0.571 bits per heavy atom. The van der Waals surface area contributed by atoms with Crippen LogP contribution in [0.5, 0.6) is 0 Å². The number of alkyl halides is 8. The smallest absolute Gasteiger partial charge is 0.110 e. The molecular weight excluding hydrogens is 379 g/mol. The normalized spacial score (nSPS) is 33.2. The van der Waals surface area contributed by atoms with Crippen molar-refractivity contribution in [3.8, 4) is 0 Å². The lowest BCUT2D eigenvalue weighted by Crippen LogP contribution is -2.46.